The summed E-state index contributed by atoms with van der Waals surface area (Å²) in [5.74, 6) is 3.28. The first-order chi connectivity index (χ1) is 14.7. The highest BCUT2D eigenvalue weighted by molar-refractivity contribution is 5.75. The molecule has 3 aromatic carbocycles. The zero-order chi connectivity index (χ0) is 20.9. The fourth-order valence-corrected chi connectivity index (χ4v) is 3.62. The number of imidazole rings is 1. The van der Waals surface area contributed by atoms with Crippen molar-refractivity contribution < 1.29 is 14.2 Å². The summed E-state index contributed by atoms with van der Waals surface area (Å²) in [6, 6.07) is 22.3. The number of hydrogen-bond donors (Lipinski definition) is 0. The van der Waals surface area contributed by atoms with Gasteiger partial charge in [-0.1, -0.05) is 36.4 Å². The maximum absolute atomic E-state index is 6.09. The molecular formula is C25H26N2O3. The number of nitrogens with zero attached hydrogens (tertiary/aromatic N) is 2. The highest BCUT2D eigenvalue weighted by Gasteiger charge is 2.12. The van der Waals surface area contributed by atoms with Gasteiger partial charge < -0.3 is 18.8 Å². The highest BCUT2D eigenvalue weighted by atomic mass is 16.5. The van der Waals surface area contributed by atoms with Crippen LogP contribution in [0.15, 0.2) is 66.7 Å². The van der Waals surface area contributed by atoms with Crippen molar-refractivity contribution in [1.82, 2.24) is 9.55 Å². The highest BCUT2D eigenvalue weighted by Crippen LogP contribution is 2.28. The van der Waals surface area contributed by atoms with Gasteiger partial charge in [-0.2, -0.15) is 0 Å². The summed E-state index contributed by atoms with van der Waals surface area (Å²) in [7, 11) is 3.31. The minimum absolute atomic E-state index is 0.422. The van der Waals surface area contributed by atoms with Crippen LogP contribution in [-0.4, -0.2) is 23.8 Å². The normalized spacial score (nSPS) is 10.9. The second-order valence-corrected chi connectivity index (χ2v) is 7.16. The second kappa shape index (κ2) is 8.91. The summed E-state index contributed by atoms with van der Waals surface area (Å²) < 4.78 is 19.1. The Morgan fingerprint density at radius 3 is 2.40 bits per heavy atom. The van der Waals surface area contributed by atoms with E-state index in [-0.39, 0.29) is 0 Å². The van der Waals surface area contributed by atoms with Gasteiger partial charge in [0.1, 0.15) is 18.2 Å². The van der Waals surface area contributed by atoms with Gasteiger partial charge in [0.15, 0.2) is 11.5 Å². The van der Waals surface area contributed by atoms with Crippen molar-refractivity contribution in [3.63, 3.8) is 0 Å². The van der Waals surface area contributed by atoms with Gasteiger partial charge >= 0.3 is 0 Å². The van der Waals surface area contributed by atoms with Crippen molar-refractivity contribution in [3.05, 3.63) is 83.7 Å². The fraction of sp³-hybridized carbons (Fsp3) is 0.240. The third-order valence-electron chi connectivity index (χ3n) is 5.26. The Balaban J connectivity index is 1.58. The van der Waals surface area contributed by atoms with E-state index >= 15 is 0 Å². The van der Waals surface area contributed by atoms with Crippen LogP contribution in [-0.2, 0) is 19.6 Å². The number of aryl methyl sites for hydroxylation is 3. The van der Waals surface area contributed by atoms with Crippen molar-refractivity contribution in [2.24, 2.45) is 0 Å². The molecule has 4 aromatic rings. The number of fused-ring (bicyclic) bond motifs is 1. The molecule has 154 valence electrons. The first kappa shape index (κ1) is 19.8. The van der Waals surface area contributed by atoms with Crippen molar-refractivity contribution >= 4 is 11.0 Å². The molecule has 0 fully saturated rings. The van der Waals surface area contributed by atoms with Gasteiger partial charge in [0.25, 0.3) is 0 Å². The van der Waals surface area contributed by atoms with Gasteiger partial charge in [0.2, 0.25) is 0 Å². The molecule has 0 bridgehead atoms. The van der Waals surface area contributed by atoms with Crippen molar-refractivity contribution in [2.45, 2.75) is 26.5 Å². The maximum Gasteiger partial charge on any atom is 0.160 e. The van der Waals surface area contributed by atoms with Crippen LogP contribution in [0.3, 0.4) is 0 Å². The number of methoxy groups -OCH3 is 2. The molecule has 0 radical (unpaired) electrons. The molecular weight excluding hydrogens is 376 g/mol. The van der Waals surface area contributed by atoms with Crippen molar-refractivity contribution in [1.29, 1.82) is 0 Å². The van der Waals surface area contributed by atoms with Crippen LogP contribution in [0.4, 0.5) is 0 Å². The SMILES string of the molecule is COc1ccc(CCn2c(COc3ccccc3C)nc3ccccc32)cc1OC. The smallest absolute Gasteiger partial charge is 0.160 e. The van der Waals surface area contributed by atoms with Gasteiger partial charge in [0, 0.05) is 6.54 Å². The quantitative estimate of drug-likeness (QED) is 0.407. The zero-order valence-corrected chi connectivity index (χ0v) is 17.6. The van der Waals surface area contributed by atoms with Crippen LogP contribution in [0.25, 0.3) is 11.0 Å². The van der Waals surface area contributed by atoms with Crippen LogP contribution in [0, 0.1) is 6.92 Å². The Labute approximate surface area is 176 Å². The number of aromatic nitrogens is 2. The first-order valence-electron chi connectivity index (χ1n) is 10.0. The lowest BCUT2D eigenvalue weighted by Gasteiger charge is -2.13. The topological polar surface area (TPSA) is 45.5 Å². The third-order valence-corrected chi connectivity index (χ3v) is 5.26. The summed E-state index contributed by atoms with van der Waals surface area (Å²) in [4.78, 5) is 4.82. The lowest BCUT2D eigenvalue weighted by molar-refractivity contribution is 0.288. The molecule has 30 heavy (non-hydrogen) atoms. The minimum Gasteiger partial charge on any atom is -0.493 e. The van der Waals surface area contributed by atoms with E-state index < -0.39 is 0 Å². The van der Waals surface area contributed by atoms with Crippen LogP contribution < -0.4 is 14.2 Å². The van der Waals surface area contributed by atoms with E-state index in [0.29, 0.717) is 6.61 Å². The lowest BCUT2D eigenvalue weighted by Crippen LogP contribution is -2.09. The van der Waals surface area contributed by atoms with E-state index in [9.17, 15) is 0 Å². The average Bonchev–Trinajstić information content (AvgIpc) is 3.14. The summed E-state index contributed by atoms with van der Waals surface area (Å²) in [6.45, 7) is 3.27. The third kappa shape index (κ3) is 4.10. The molecule has 0 aliphatic rings. The second-order valence-electron chi connectivity index (χ2n) is 7.16. The van der Waals surface area contributed by atoms with Crippen LogP contribution in [0.5, 0.6) is 17.2 Å². The van der Waals surface area contributed by atoms with Gasteiger partial charge in [-0.05, 0) is 54.8 Å². The number of para-hydroxylation sites is 3. The fourth-order valence-electron chi connectivity index (χ4n) is 3.62. The van der Waals surface area contributed by atoms with Crippen LogP contribution >= 0.6 is 0 Å². The molecule has 0 spiro atoms. The summed E-state index contributed by atoms with van der Waals surface area (Å²) in [6.07, 6.45) is 0.845. The Morgan fingerprint density at radius 2 is 1.60 bits per heavy atom. The Hall–Kier alpha value is -3.47. The number of hydrogen-bond acceptors (Lipinski definition) is 4. The van der Waals surface area contributed by atoms with E-state index in [1.807, 2.05) is 48.5 Å². The van der Waals surface area contributed by atoms with E-state index in [2.05, 4.69) is 29.7 Å². The minimum atomic E-state index is 0.422. The molecule has 1 heterocycles. The summed E-state index contributed by atoms with van der Waals surface area (Å²) >= 11 is 0. The van der Waals surface area contributed by atoms with Gasteiger partial charge in [-0.15, -0.1) is 0 Å². The monoisotopic (exact) mass is 402 g/mol. The van der Waals surface area contributed by atoms with Gasteiger partial charge in [0.05, 0.1) is 25.3 Å². The Morgan fingerprint density at radius 1 is 0.833 bits per heavy atom. The van der Waals surface area contributed by atoms with E-state index in [1.165, 1.54) is 5.56 Å². The first-order valence-corrected chi connectivity index (χ1v) is 10.0. The molecule has 0 saturated heterocycles. The maximum atomic E-state index is 6.09. The Bertz CT molecular complexity index is 1150. The largest absolute Gasteiger partial charge is 0.493 e. The molecule has 5 nitrogen and oxygen atoms in total. The molecule has 0 saturated carbocycles. The summed E-state index contributed by atoms with van der Waals surface area (Å²) in [5, 5.41) is 0. The van der Waals surface area contributed by atoms with E-state index in [1.54, 1.807) is 14.2 Å². The predicted molar refractivity (Wildman–Crippen MR) is 118 cm³/mol. The summed E-state index contributed by atoms with van der Waals surface area (Å²) in [5.41, 5.74) is 4.39. The molecule has 1 aromatic heterocycles. The molecule has 0 aliphatic carbocycles. The Kier molecular flexibility index (Phi) is 5.89. The van der Waals surface area contributed by atoms with Crippen LogP contribution in [0.1, 0.15) is 17.0 Å². The molecule has 0 aliphatic heterocycles. The van der Waals surface area contributed by atoms with E-state index in [0.717, 1.165) is 52.6 Å². The van der Waals surface area contributed by atoms with Gasteiger partial charge in [-0.25, -0.2) is 4.98 Å². The number of ether oxygens (including phenoxy) is 3. The molecule has 0 atom stereocenters. The molecule has 0 unspecified atom stereocenters. The molecule has 5 heteroatoms. The number of rotatable bonds is 8. The van der Waals surface area contributed by atoms with Gasteiger partial charge in [-0.3, -0.25) is 0 Å². The predicted octanol–water partition coefficient (Wildman–Crippen LogP) is 5.18. The lowest BCUT2D eigenvalue weighted by atomic mass is 10.1. The number of benzene rings is 3. The van der Waals surface area contributed by atoms with Crippen molar-refractivity contribution in [2.75, 3.05) is 14.2 Å². The molecule has 0 amide bonds. The van der Waals surface area contributed by atoms with Crippen LogP contribution in [0.2, 0.25) is 0 Å². The van der Waals surface area contributed by atoms with Crippen molar-refractivity contribution in [3.8, 4) is 17.2 Å². The molecule has 0 N–H and O–H groups in total. The molecule has 4 rings (SSSR count). The standard InChI is InChI=1S/C25H26N2O3/c1-18-8-4-7-11-22(18)30-17-25-26-20-9-5-6-10-21(20)27(25)15-14-19-12-13-23(28-2)24(16-19)29-3/h4-13,16H,14-15,17H2,1-3H3. The van der Waals surface area contributed by atoms with E-state index in [4.69, 9.17) is 19.2 Å². The zero-order valence-electron chi connectivity index (χ0n) is 17.6. The average molecular weight is 402 g/mol.